The minimum absolute atomic E-state index is 0.148. The lowest BCUT2D eigenvalue weighted by Crippen LogP contribution is -2.60. The molecule has 2 saturated heterocycles. The van der Waals surface area contributed by atoms with Gasteiger partial charge in [-0.15, -0.1) is 0 Å². The van der Waals surface area contributed by atoms with Crippen molar-refractivity contribution in [1.29, 1.82) is 0 Å². The molecule has 3 aliphatic rings. The van der Waals surface area contributed by atoms with Crippen LogP contribution in [0.2, 0.25) is 0 Å². The summed E-state index contributed by atoms with van der Waals surface area (Å²) in [7, 11) is -1.17. The Morgan fingerprint density at radius 1 is 1.12 bits per heavy atom. The molecule has 1 aliphatic carbocycles. The molecule has 2 heterocycles. The Morgan fingerprint density at radius 3 is 2.42 bits per heavy atom. The standard InChI is InChI=1S/C17H31N3O3S/c1-3-18(2)10-14-8-9-20(11-14)24(22,23)16-12-19(13-16)17(21)15-6-4-5-7-15/h14-16H,3-13H2,1-2H3/t14-/m0/s1. The lowest BCUT2D eigenvalue weighted by atomic mass is 10.0. The molecule has 0 aromatic rings. The maximum absolute atomic E-state index is 12.8. The number of nitrogens with zero attached hydrogens (tertiary/aromatic N) is 3. The summed E-state index contributed by atoms with van der Waals surface area (Å²) in [6, 6.07) is 0. The number of hydrogen-bond donors (Lipinski definition) is 0. The van der Waals surface area contributed by atoms with Crippen LogP contribution >= 0.6 is 0 Å². The number of hydrogen-bond acceptors (Lipinski definition) is 4. The molecule has 0 aromatic heterocycles. The molecule has 0 bridgehead atoms. The van der Waals surface area contributed by atoms with Crippen molar-refractivity contribution in [2.24, 2.45) is 11.8 Å². The molecule has 0 aromatic carbocycles. The van der Waals surface area contributed by atoms with Gasteiger partial charge in [0.25, 0.3) is 0 Å². The maximum Gasteiger partial charge on any atom is 0.225 e. The van der Waals surface area contributed by atoms with Gasteiger partial charge in [0.15, 0.2) is 0 Å². The number of carbonyl (C=O) groups is 1. The van der Waals surface area contributed by atoms with Crippen molar-refractivity contribution in [2.75, 3.05) is 46.3 Å². The Morgan fingerprint density at radius 2 is 1.79 bits per heavy atom. The predicted molar refractivity (Wildman–Crippen MR) is 94.1 cm³/mol. The third-order valence-corrected chi connectivity index (χ3v) is 8.20. The van der Waals surface area contributed by atoms with E-state index >= 15 is 0 Å². The fourth-order valence-corrected chi connectivity index (χ4v) is 6.13. The van der Waals surface area contributed by atoms with Crippen LogP contribution in [0.4, 0.5) is 0 Å². The summed E-state index contributed by atoms with van der Waals surface area (Å²) in [5.74, 6) is 0.762. The van der Waals surface area contributed by atoms with Gasteiger partial charge in [0, 0.05) is 38.6 Å². The Hall–Kier alpha value is -0.660. The molecule has 24 heavy (non-hydrogen) atoms. The zero-order chi connectivity index (χ0) is 17.3. The Bertz CT molecular complexity index is 553. The first-order valence-electron chi connectivity index (χ1n) is 9.38. The van der Waals surface area contributed by atoms with Crippen LogP contribution in [0, 0.1) is 11.8 Å². The van der Waals surface area contributed by atoms with Crippen molar-refractivity contribution < 1.29 is 13.2 Å². The van der Waals surface area contributed by atoms with Crippen molar-refractivity contribution in [3.8, 4) is 0 Å². The average Bonchev–Trinajstić information content (AvgIpc) is 3.16. The lowest BCUT2D eigenvalue weighted by molar-refractivity contribution is -0.138. The summed E-state index contributed by atoms with van der Waals surface area (Å²) in [5, 5.41) is -0.384. The first kappa shape index (κ1) is 18.1. The van der Waals surface area contributed by atoms with E-state index in [9.17, 15) is 13.2 Å². The van der Waals surface area contributed by atoms with Crippen molar-refractivity contribution in [2.45, 2.75) is 44.3 Å². The Balaban J connectivity index is 1.49. The summed E-state index contributed by atoms with van der Waals surface area (Å²) in [4.78, 5) is 16.3. The van der Waals surface area contributed by atoms with Crippen molar-refractivity contribution in [3.05, 3.63) is 0 Å². The van der Waals surface area contributed by atoms with Crippen LogP contribution in [0.5, 0.6) is 0 Å². The van der Waals surface area contributed by atoms with Crippen molar-refractivity contribution >= 4 is 15.9 Å². The van der Waals surface area contributed by atoms with E-state index < -0.39 is 10.0 Å². The summed E-state index contributed by atoms with van der Waals surface area (Å²) in [5.41, 5.74) is 0. The molecule has 3 rings (SSSR count). The van der Waals surface area contributed by atoms with E-state index in [1.165, 1.54) is 0 Å². The van der Waals surface area contributed by atoms with Gasteiger partial charge in [0.05, 0.1) is 0 Å². The van der Waals surface area contributed by atoms with Crippen LogP contribution in [0.1, 0.15) is 39.0 Å². The average molecular weight is 358 g/mol. The maximum atomic E-state index is 12.8. The highest BCUT2D eigenvalue weighted by atomic mass is 32.2. The van der Waals surface area contributed by atoms with Crippen LogP contribution in [0.3, 0.4) is 0 Å². The van der Waals surface area contributed by atoms with Crippen molar-refractivity contribution in [3.63, 3.8) is 0 Å². The van der Waals surface area contributed by atoms with Crippen LogP contribution in [-0.2, 0) is 14.8 Å². The van der Waals surface area contributed by atoms with Gasteiger partial charge in [-0.2, -0.15) is 0 Å². The molecule has 0 unspecified atom stereocenters. The van der Waals surface area contributed by atoms with E-state index in [2.05, 4.69) is 18.9 Å². The highest BCUT2D eigenvalue weighted by Crippen LogP contribution is 2.31. The molecular weight excluding hydrogens is 326 g/mol. The molecule has 2 aliphatic heterocycles. The Kier molecular flexibility index (Phi) is 5.52. The smallest absolute Gasteiger partial charge is 0.225 e. The fourth-order valence-electron chi connectivity index (χ4n) is 4.20. The summed E-state index contributed by atoms with van der Waals surface area (Å²) in [6.07, 6.45) is 5.17. The topological polar surface area (TPSA) is 60.9 Å². The number of carbonyl (C=O) groups excluding carboxylic acids is 1. The second-order valence-corrected chi connectivity index (χ2v) is 9.97. The van der Waals surface area contributed by atoms with Crippen LogP contribution in [0.15, 0.2) is 0 Å². The SMILES string of the molecule is CCN(C)C[C@@H]1CCN(S(=O)(=O)C2CN(C(=O)C3CCCC3)C2)C1. The monoisotopic (exact) mass is 357 g/mol. The van der Waals surface area contributed by atoms with E-state index in [1.807, 2.05) is 0 Å². The van der Waals surface area contributed by atoms with Gasteiger partial charge >= 0.3 is 0 Å². The van der Waals surface area contributed by atoms with Crippen molar-refractivity contribution in [1.82, 2.24) is 14.1 Å². The highest BCUT2D eigenvalue weighted by Gasteiger charge is 2.45. The van der Waals surface area contributed by atoms with Gasteiger partial charge in [-0.1, -0.05) is 19.8 Å². The zero-order valence-corrected chi connectivity index (χ0v) is 15.8. The number of amides is 1. The van der Waals surface area contributed by atoms with Gasteiger partial charge in [-0.05, 0) is 38.8 Å². The van der Waals surface area contributed by atoms with E-state index in [1.54, 1.807) is 9.21 Å². The van der Waals surface area contributed by atoms with Gasteiger partial charge in [-0.25, -0.2) is 12.7 Å². The molecule has 0 spiro atoms. The Labute approximate surface area is 146 Å². The zero-order valence-electron chi connectivity index (χ0n) is 15.0. The molecule has 6 nitrogen and oxygen atoms in total. The summed E-state index contributed by atoms with van der Waals surface area (Å²) >= 11 is 0. The molecule has 0 N–H and O–H groups in total. The second-order valence-electron chi connectivity index (χ2n) is 7.76. The highest BCUT2D eigenvalue weighted by molar-refractivity contribution is 7.89. The minimum Gasteiger partial charge on any atom is -0.340 e. The summed E-state index contributed by atoms with van der Waals surface area (Å²) < 4.78 is 27.2. The molecule has 7 heteroatoms. The number of likely N-dealkylation sites (tertiary alicyclic amines) is 1. The first-order chi connectivity index (χ1) is 11.4. The molecule has 1 amide bonds. The second kappa shape index (κ2) is 7.30. The molecule has 3 fully saturated rings. The summed E-state index contributed by atoms with van der Waals surface area (Å²) in [6.45, 7) is 6.14. The number of rotatable bonds is 6. The van der Waals surface area contributed by atoms with E-state index in [-0.39, 0.29) is 17.1 Å². The van der Waals surface area contributed by atoms with Gasteiger partial charge in [-0.3, -0.25) is 4.79 Å². The van der Waals surface area contributed by atoms with E-state index in [0.29, 0.717) is 32.1 Å². The quantitative estimate of drug-likeness (QED) is 0.711. The van der Waals surface area contributed by atoms with E-state index in [4.69, 9.17) is 0 Å². The normalized spacial score (nSPS) is 27.1. The van der Waals surface area contributed by atoms with Gasteiger partial charge in [0.2, 0.25) is 15.9 Å². The third-order valence-electron chi connectivity index (χ3n) is 6.00. The van der Waals surface area contributed by atoms with Crippen LogP contribution in [-0.4, -0.2) is 80.0 Å². The predicted octanol–water partition coefficient (Wildman–Crippen LogP) is 0.991. The third kappa shape index (κ3) is 3.63. The fraction of sp³-hybridized carbons (Fsp3) is 0.941. The van der Waals surface area contributed by atoms with Gasteiger partial charge in [0.1, 0.15) is 5.25 Å². The molecular formula is C17H31N3O3S. The minimum atomic E-state index is -3.25. The largest absolute Gasteiger partial charge is 0.340 e. The molecule has 1 saturated carbocycles. The number of sulfonamides is 1. The van der Waals surface area contributed by atoms with Gasteiger partial charge < -0.3 is 9.80 Å². The molecule has 1 atom stereocenters. The lowest BCUT2D eigenvalue weighted by Gasteiger charge is -2.41. The van der Waals surface area contributed by atoms with E-state index in [0.717, 1.165) is 45.2 Å². The molecule has 0 radical (unpaired) electrons. The van der Waals surface area contributed by atoms with Crippen LogP contribution in [0.25, 0.3) is 0 Å². The van der Waals surface area contributed by atoms with Crippen LogP contribution < -0.4 is 0 Å². The molecule has 138 valence electrons. The first-order valence-corrected chi connectivity index (χ1v) is 10.9.